The molecule has 1 N–H and O–H groups in total. The highest BCUT2D eigenvalue weighted by atomic mass is 32.1. The van der Waals surface area contributed by atoms with E-state index in [2.05, 4.69) is 121 Å². The van der Waals surface area contributed by atoms with E-state index in [4.69, 9.17) is 4.98 Å². The average molecular weight is 603 g/mol. The summed E-state index contributed by atoms with van der Waals surface area (Å²) < 4.78 is 0. The van der Waals surface area contributed by atoms with Crippen molar-refractivity contribution >= 4 is 17.2 Å². The molecule has 2 aromatic heterocycles. The smallest absolute Gasteiger partial charge is 0.270 e. The standard InChI is InChI=1S/C38H42N4OS/c1-38(2,3)32-19-17-29(18-20-32)26-42(25-22-34(30-12-6-4-7-13-30)31-14-8-5-9-15-31)27-36-41-35(28-44-36)37(43)40-24-21-33-16-10-11-23-39-33/h4-20,23,28,34H,21-22,24-27H2,1-3H3,(H,40,43). The van der Waals surface area contributed by atoms with Crippen LogP contribution >= 0.6 is 11.3 Å². The highest BCUT2D eigenvalue weighted by Gasteiger charge is 2.19. The first-order valence-corrected chi connectivity index (χ1v) is 16.3. The van der Waals surface area contributed by atoms with Gasteiger partial charge in [-0.15, -0.1) is 11.3 Å². The van der Waals surface area contributed by atoms with Crippen LogP contribution in [0.2, 0.25) is 0 Å². The van der Waals surface area contributed by atoms with Gasteiger partial charge in [0, 0.05) is 42.7 Å². The second-order valence-corrected chi connectivity index (χ2v) is 13.2. The van der Waals surface area contributed by atoms with Gasteiger partial charge in [-0.05, 0) is 52.8 Å². The molecule has 0 bridgehead atoms. The van der Waals surface area contributed by atoms with Gasteiger partial charge in [-0.1, -0.05) is 112 Å². The third-order valence-corrected chi connectivity index (χ3v) is 8.73. The molecule has 0 aliphatic carbocycles. The molecule has 5 nitrogen and oxygen atoms in total. The number of carbonyl (C=O) groups excluding carboxylic acids is 1. The maximum atomic E-state index is 12.9. The molecule has 0 saturated heterocycles. The second kappa shape index (κ2) is 15.0. The zero-order chi connectivity index (χ0) is 30.8. The Labute approximate surface area is 266 Å². The van der Waals surface area contributed by atoms with E-state index in [1.807, 2.05) is 23.6 Å². The Morgan fingerprint density at radius 2 is 1.50 bits per heavy atom. The van der Waals surface area contributed by atoms with Crippen molar-refractivity contribution in [2.75, 3.05) is 13.1 Å². The lowest BCUT2D eigenvalue weighted by molar-refractivity contribution is 0.0949. The first-order valence-electron chi connectivity index (χ1n) is 15.4. The minimum absolute atomic E-state index is 0.117. The Kier molecular flexibility index (Phi) is 10.7. The number of amides is 1. The first kappa shape index (κ1) is 31.3. The van der Waals surface area contributed by atoms with Crippen LogP contribution in [0.1, 0.15) is 76.6 Å². The fourth-order valence-electron chi connectivity index (χ4n) is 5.41. The van der Waals surface area contributed by atoms with Gasteiger partial charge in [-0.2, -0.15) is 0 Å². The van der Waals surface area contributed by atoms with Crippen LogP contribution in [0.15, 0.2) is 115 Å². The van der Waals surface area contributed by atoms with E-state index in [1.54, 1.807) is 17.5 Å². The molecule has 3 aromatic carbocycles. The van der Waals surface area contributed by atoms with Crippen molar-refractivity contribution < 1.29 is 4.79 Å². The summed E-state index contributed by atoms with van der Waals surface area (Å²) in [6, 6.07) is 36.4. The summed E-state index contributed by atoms with van der Waals surface area (Å²) in [5, 5.41) is 5.82. The van der Waals surface area contributed by atoms with Gasteiger partial charge in [0.05, 0.1) is 6.54 Å². The van der Waals surface area contributed by atoms with Crippen LogP contribution in [0.3, 0.4) is 0 Å². The highest BCUT2D eigenvalue weighted by molar-refractivity contribution is 7.09. The third kappa shape index (κ3) is 8.94. The Morgan fingerprint density at radius 1 is 0.841 bits per heavy atom. The lowest BCUT2D eigenvalue weighted by atomic mass is 9.86. The van der Waals surface area contributed by atoms with E-state index in [-0.39, 0.29) is 11.3 Å². The molecule has 0 aliphatic rings. The minimum atomic E-state index is -0.138. The van der Waals surface area contributed by atoms with Gasteiger partial charge in [0.25, 0.3) is 5.91 Å². The summed E-state index contributed by atoms with van der Waals surface area (Å²) in [5.74, 6) is 0.154. The molecule has 1 amide bonds. The minimum Gasteiger partial charge on any atom is -0.350 e. The lowest BCUT2D eigenvalue weighted by Crippen LogP contribution is -2.27. The number of nitrogens with one attached hydrogen (secondary N) is 1. The van der Waals surface area contributed by atoms with Crippen LogP contribution < -0.4 is 5.32 Å². The monoisotopic (exact) mass is 602 g/mol. The van der Waals surface area contributed by atoms with Crippen molar-refractivity contribution in [3.63, 3.8) is 0 Å². The molecule has 0 radical (unpaired) electrons. The van der Waals surface area contributed by atoms with E-state index < -0.39 is 0 Å². The molecule has 5 rings (SSSR count). The molecule has 226 valence electrons. The third-order valence-electron chi connectivity index (χ3n) is 7.90. The number of benzene rings is 3. The molecule has 0 saturated carbocycles. The van der Waals surface area contributed by atoms with Gasteiger partial charge in [0.15, 0.2) is 0 Å². The van der Waals surface area contributed by atoms with Crippen molar-refractivity contribution in [3.8, 4) is 0 Å². The maximum Gasteiger partial charge on any atom is 0.270 e. The molecular formula is C38H42N4OS. The van der Waals surface area contributed by atoms with Crippen molar-refractivity contribution in [1.82, 2.24) is 20.2 Å². The van der Waals surface area contributed by atoms with Crippen LogP contribution in [0.5, 0.6) is 0 Å². The highest BCUT2D eigenvalue weighted by Crippen LogP contribution is 2.29. The van der Waals surface area contributed by atoms with Gasteiger partial charge in [0.1, 0.15) is 10.7 Å². The normalized spacial score (nSPS) is 11.7. The zero-order valence-corrected chi connectivity index (χ0v) is 26.8. The number of pyridine rings is 1. The molecule has 44 heavy (non-hydrogen) atoms. The quantitative estimate of drug-likeness (QED) is 0.148. The molecule has 0 fully saturated rings. The molecule has 0 atom stereocenters. The first-order chi connectivity index (χ1) is 21.3. The molecule has 0 aliphatic heterocycles. The topological polar surface area (TPSA) is 58.1 Å². The van der Waals surface area contributed by atoms with E-state index in [9.17, 15) is 4.79 Å². The van der Waals surface area contributed by atoms with Crippen molar-refractivity contribution in [2.45, 2.75) is 58.0 Å². The summed E-state index contributed by atoms with van der Waals surface area (Å²) >= 11 is 1.55. The lowest BCUT2D eigenvalue weighted by Gasteiger charge is -2.26. The van der Waals surface area contributed by atoms with Gasteiger partial charge in [-0.3, -0.25) is 14.7 Å². The van der Waals surface area contributed by atoms with E-state index in [0.717, 1.165) is 30.2 Å². The van der Waals surface area contributed by atoms with Crippen LogP contribution in [-0.4, -0.2) is 33.9 Å². The number of thiazole rings is 1. The fraction of sp³-hybridized carbons (Fsp3) is 0.289. The van der Waals surface area contributed by atoms with Crippen molar-refractivity contribution in [2.24, 2.45) is 0 Å². The van der Waals surface area contributed by atoms with Crippen LogP contribution in [-0.2, 0) is 24.9 Å². The van der Waals surface area contributed by atoms with Crippen LogP contribution in [0.4, 0.5) is 0 Å². The zero-order valence-electron chi connectivity index (χ0n) is 25.9. The molecule has 5 aromatic rings. The molecule has 6 heteroatoms. The Morgan fingerprint density at radius 3 is 2.11 bits per heavy atom. The molecular weight excluding hydrogens is 561 g/mol. The van der Waals surface area contributed by atoms with Gasteiger partial charge in [-0.25, -0.2) is 4.98 Å². The Bertz CT molecular complexity index is 1540. The number of hydrogen-bond donors (Lipinski definition) is 1. The number of rotatable bonds is 13. The van der Waals surface area contributed by atoms with Crippen molar-refractivity contribution in [1.29, 1.82) is 0 Å². The van der Waals surface area contributed by atoms with Gasteiger partial charge in [0.2, 0.25) is 0 Å². The average Bonchev–Trinajstić information content (AvgIpc) is 3.51. The molecule has 2 heterocycles. The van der Waals surface area contributed by atoms with Crippen LogP contribution in [0.25, 0.3) is 0 Å². The number of aromatic nitrogens is 2. The summed E-state index contributed by atoms with van der Waals surface area (Å²) in [5.41, 5.74) is 6.82. The number of nitrogens with zero attached hydrogens (tertiary/aromatic N) is 3. The summed E-state index contributed by atoms with van der Waals surface area (Å²) in [7, 11) is 0. The number of carbonyl (C=O) groups is 1. The van der Waals surface area contributed by atoms with Gasteiger partial charge < -0.3 is 5.32 Å². The predicted octanol–water partition coefficient (Wildman–Crippen LogP) is 8.03. The summed E-state index contributed by atoms with van der Waals surface area (Å²) in [6.07, 6.45) is 3.44. The summed E-state index contributed by atoms with van der Waals surface area (Å²) in [6.45, 7) is 9.65. The predicted molar refractivity (Wildman–Crippen MR) is 181 cm³/mol. The fourth-order valence-corrected chi connectivity index (χ4v) is 6.23. The van der Waals surface area contributed by atoms with Crippen molar-refractivity contribution in [3.05, 3.63) is 153 Å². The Hall–Kier alpha value is -4.13. The largest absolute Gasteiger partial charge is 0.350 e. The van der Waals surface area contributed by atoms with E-state index >= 15 is 0 Å². The second-order valence-electron chi connectivity index (χ2n) is 12.3. The number of hydrogen-bond acceptors (Lipinski definition) is 5. The summed E-state index contributed by atoms with van der Waals surface area (Å²) in [4.78, 5) is 24.4. The molecule has 0 spiro atoms. The SMILES string of the molecule is CC(C)(C)c1ccc(CN(CCC(c2ccccc2)c2ccccc2)Cc2nc(C(=O)NCCc3ccccn3)cs2)cc1. The maximum absolute atomic E-state index is 12.9. The van der Waals surface area contributed by atoms with Gasteiger partial charge >= 0.3 is 0 Å². The molecule has 0 unspecified atom stereocenters. The van der Waals surface area contributed by atoms with Crippen LogP contribution in [0, 0.1) is 0 Å². The Balaban J connectivity index is 1.30. The van der Waals surface area contributed by atoms with E-state index in [0.29, 0.717) is 31.1 Å². The van der Waals surface area contributed by atoms with E-state index in [1.165, 1.54) is 22.3 Å².